The third kappa shape index (κ3) is 4.02. The Labute approximate surface area is 180 Å². The number of likely N-dealkylation sites (tertiary alicyclic amines) is 1. The number of nitrogens with zero attached hydrogens (tertiary/aromatic N) is 5. The zero-order valence-corrected chi connectivity index (χ0v) is 17.8. The van der Waals surface area contributed by atoms with Crippen LogP contribution in [-0.2, 0) is 19.4 Å². The molecule has 0 spiro atoms. The van der Waals surface area contributed by atoms with Crippen molar-refractivity contribution in [2.75, 3.05) is 13.1 Å². The Hall–Kier alpha value is -2.58. The van der Waals surface area contributed by atoms with E-state index in [-0.39, 0.29) is 11.9 Å². The highest BCUT2D eigenvalue weighted by molar-refractivity contribution is 7.15. The minimum atomic E-state index is 0.0291. The van der Waals surface area contributed by atoms with Gasteiger partial charge in [-0.15, -0.1) is 16.4 Å². The average molecular weight is 423 g/mol. The highest BCUT2D eigenvalue weighted by Gasteiger charge is 2.29. The molecule has 1 saturated heterocycles. The Morgan fingerprint density at radius 3 is 2.70 bits per heavy atom. The summed E-state index contributed by atoms with van der Waals surface area (Å²) in [6, 6.07) is 10.8. The van der Waals surface area contributed by atoms with Crippen molar-refractivity contribution in [2.45, 2.75) is 51.1 Å². The number of aryl methyl sites for hydroxylation is 1. The number of hydrogen-bond donors (Lipinski definition) is 1. The van der Waals surface area contributed by atoms with Crippen molar-refractivity contribution in [2.24, 2.45) is 0 Å². The molecule has 3 heterocycles. The molecule has 0 radical (unpaired) electrons. The van der Waals surface area contributed by atoms with Crippen molar-refractivity contribution in [1.82, 2.24) is 30.4 Å². The van der Waals surface area contributed by atoms with E-state index < -0.39 is 0 Å². The monoisotopic (exact) mass is 422 g/mol. The van der Waals surface area contributed by atoms with Gasteiger partial charge in [0.25, 0.3) is 5.91 Å². The summed E-state index contributed by atoms with van der Waals surface area (Å²) in [4.78, 5) is 17.1. The van der Waals surface area contributed by atoms with Crippen LogP contribution < -0.4 is 5.32 Å². The number of aromatic nitrogens is 4. The number of carbonyl (C=O) groups is 1. The van der Waals surface area contributed by atoms with Gasteiger partial charge in [0.15, 0.2) is 0 Å². The molecular formula is C22H26N6OS. The summed E-state index contributed by atoms with van der Waals surface area (Å²) < 4.78 is 1.64. The SMILES string of the molecule is O=C(NC1CCN(Cc2ccccc2)CC1)c1c(-n2cnnn2)sc2c1CCCC2. The predicted octanol–water partition coefficient (Wildman–Crippen LogP) is 3.00. The Morgan fingerprint density at radius 2 is 1.93 bits per heavy atom. The van der Waals surface area contributed by atoms with Crippen molar-refractivity contribution in [3.8, 4) is 5.00 Å². The first-order valence-corrected chi connectivity index (χ1v) is 11.5. The number of nitrogens with one attached hydrogen (secondary N) is 1. The average Bonchev–Trinajstić information content (AvgIpc) is 3.43. The maximum atomic E-state index is 13.3. The predicted molar refractivity (Wildman–Crippen MR) is 116 cm³/mol. The molecule has 1 aliphatic heterocycles. The molecular weight excluding hydrogens is 396 g/mol. The van der Waals surface area contributed by atoms with Crippen molar-refractivity contribution in [3.63, 3.8) is 0 Å². The minimum Gasteiger partial charge on any atom is -0.349 e. The van der Waals surface area contributed by atoms with E-state index in [1.54, 1.807) is 22.3 Å². The summed E-state index contributed by atoms with van der Waals surface area (Å²) in [6.45, 7) is 2.98. The van der Waals surface area contributed by atoms with Crippen LogP contribution in [0.1, 0.15) is 52.0 Å². The summed E-state index contributed by atoms with van der Waals surface area (Å²) in [5, 5.41) is 15.7. The van der Waals surface area contributed by atoms with Crippen LogP contribution in [0.3, 0.4) is 0 Å². The zero-order valence-electron chi connectivity index (χ0n) is 17.0. The minimum absolute atomic E-state index is 0.0291. The van der Waals surface area contributed by atoms with E-state index in [1.165, 1.54) is 22.4 Å². The molecule has 0 atom stereocenters. The summed E-state index contributed by atoms with van der Waals surface area (Å²) in [5.74, 6) is 0.0291. The maximum absolute atomic E-state index is 13.3. The molecule has 156 valence electrons. The molecule has 1 fully saturated rings. The molecule has 1 amide bonds. The summed E-state index contributed by atoms with van der Waals surface area (Å²) in [5.41, 5.74) is 3.33. The van der Waals surface area contributed by atoms with Gasteiger partial charge in [-0.1, -0.05) is 30.3 Å². The number of benzene rings is 1. The quantitative estimate of drug-likeness (QED) is 0.684. The molecule has 2 aliphatic rings. The number of hydrogen-bond acceptors (Lipinski definition) is 6. The lowest BCUT2D eigenvalue weighted by Gasteiger charge is -2.32. The van der Waals surface area contributed by atoms with Crippen LogP contribution >= 0.6 is 11.3 Å². The standard InChI is InChI=1S/C22H26N6OS/c29-21(24-17-10-12-27(13-11-17)14-16-6-2-1-3-7-16)20-18-8-4-5-9-19(18)30-22(20)28-15-23-25-26-28/h1-3,6-7,15,17H,4-5,8-14H2,(H,24,29). The fraction of sp³-hybridized carbons (Fsp3) is 0.455. The van der Waals surface area contributed by atoms with E-state index in [1.807, 2.05) is 0 Å². The van der Waals surface area contributed by atoms with Crippen molar-refractivity contribution in [1.29, 1.82) is 0 Å². The van der Waals surface area contributed by atoms with Crippen LogP contribution in [-0.4, -0.2) is 50.1 Å². The van der Waals surface area contributed by atoms with Crippen LogP contribution in [0.2, 0.25) is 0 Å². The largest absolute Gasteiger partial charge is 0.349 e. The number of rotatable bonds is 5. The molecule has 0 unspecified atom stereocenters. The van der Waals surface area contributed by atoms with E-state index in [2.05, 4.69) is 56.1 Å². The molecule has 3 aromatic rings. The second-order valence-electron chi connectivity index (χ2n) is 8.15. The van der Waals surface area contributed by atoms with Crippen LogP contribution in [0.25, 0.3) is 5.00 Å². The number of carbonyl (C=O) groups excluding carboxylic acids is 1. The Balaban J connectivity index is 1.27. The van der Waals surface area contributed by atoms with Crippen LogP contribution in [0.15, 0.2) is 36.7 Å². The van der Waals surface area contributed by atoms with Gasteiger partial charge < -0.3 is 5.32 Å². The van der Waals surface area contributed by atoms with E-state index in [9.17, 15) is 4.79 Å². The van der Waals surface area contributed by atoms with Crippen molar-refractivity contribution < 1.29 is 4.79 Å². The lowest BCUT2D eigenvalue weighted by atomic mass is 9.94. The zero-order chi connectivity index (χ0) is 20.3. The van der Waals surface area contributed by atoms with Crippen molar-refractivity contribution in [3.05, 3.63) is 58.2 Å². The third-order valence-corrected chi connectivity index (χ3v) is 7.39. The van der Waals surface area contributed by atoms with E-state index in [0.29, 0.717) is 0 Å². The van der Waals surface area contributed by atoms with E-state index in [4.69, 9.17) is 0 Å². The molecule has 2 aromatic heterocycles. The van der Waals surface area contributed by atoms with Crippen LogP contribution in [0.4, 0.5) is 0 Å². The van der Waals surface area contributed by atoms with Gasteiger partial charge in [0.2, 0.25) is 0 Å². The number of amides is 1. The first kappa shape index (κ1) is 19.4. The van der Waals surface area contributed by atoms with Crippen LogP contribution in [0, 0.1) is 0 Å². The molecule has 0 saturated carbocycles. The highest BCUT2D eigenvalue weighted by atomic mass is 32.1. The summed E-state index contributed by atoms with van der Waals surface area (Å²) >= 11 is 1.66. The van der Waals surface area contributed by atoms with Crippen LogP contribution in [0.5, 0.6) is 0 Å². The summed E-state index contributed by atoms with van der Waals surface area (Å²) in [6.07, 6.45) is 7.86. The number of fused-ring (bicyclic) bond motifs is 1. The van der Waals surface area contributed by atoms with E-state index >= 15 is 0 Å². The Bertz CT molecular complexity index is 992. The van der Waals surface area contributed by atoms with E-state index in [0.717, 1.165) is 62.3 Å². The normalized spacial score (nSPS) is 17.6. The molecule has 5 rings (SSSR count). The molecule has 30 heavy (non-hydrogen) atoms. The second-order valence-corrected chi connectivity index (χ2v) is 9.24. The molecule has 1 aliphatic carbocycles. The maximum Gasteiger partial charge on any atom is 0.254 e. The smallest absolute Gasteiger partial charge is 0.254 e. The summed E-state index contributed by atoms with van der Waals surface area (Å²) in [7, 11) is 0. The first-order valence-electron chi connectivity index (χ1n) is 10.7. The van der Waals surface area contributed by atoms with Crippen molar-refractivity contribution >= 4 is 17.2 Å². The van der Waals surface area contributed by atoms with Gasteiger partial charge in [-0.05, 0) is 60.1 Å². The Morgan fingerprint density at radius 1 is 1.13 bits per heavy atom. The van der Waals surface area contributed by atoms with Gasteiger partial charge in [0.05, 0.1) is 5.56 Å². The van der Waals surface area contributed by atoms with Gasteiger partial charge in [-0.2, -0.15) is 4.68 Å². The van der Waals surface area contributed by atoms with Gasteiger partial charge in [-0.25, -0.2) is 0 Å². The molecule has 1 N–H and O–H groups in total. The molecule has 8 heteroatoms. The van der Waals surface area contributed by atoms with Gasteiger partial charge >= 0.3 is 0 Å². The number of thiophene rings is 1. The molecule has 1 aromatic carbocycles. The lowest BCUT2D eigenvalue weighted by Crippen LogP contribution is -2.44. The van der Waals surface area contributed by atoms with Gasteiger partial charge in [-0.3, -0.25) is 9.69 Å². The second kappa shape index (κ2) is 8.65. The highest BCUT2D eigenvalue weighted by Crippen LogP contribution is 2.36. The van der Waals surface area contributed by atoms with Gasteiger partial charge in [0, 0.05) is 30.6 Å². The fourth-order valence-corrected chi connectivity index (χ4v) is 5.84. The topological polar surface area (TPSA) is 75.9 Å². The molecule has 0 bridgehead atoms. The third-order valence-electron chi connectivity index (χ3n) is 6.11. The number of tetrazole rings is 1. The fourth-order valence-electron chi connectivity index (χ4n) is 4.54. The number of piperidine rings is 1. The first-order chi connectivity index (χ1) is 14.8. The van der Waals surface area contributed by atoms with Gasteiger partial charge in [0.1, 0.15) is 11.3 Å². The molecule has 7 nitrogen and oxygen atoms in total. The lowest BCUT2D eigenvalue weighted by molar-refractivity contribution is 0.0908. The Kier molecular flexibility index (Phi) is 5.59.